The van der Waals surface area contributed by atoms with E-state index < -0.39 is 0 Å². The van der Waals surface area contributed by atoms with Crippen molar-refractivity contribution in [3.63, 3.8) is 0 Å². The lowest BCUT2D eigenvalue weighted by Gasteiger charge is -2.17. The Morgan fingerprint density at radius 3 is 2.53 bits per heavy atom. The Kier molecular flexibility index (Phi) is 2.79. The second-order valence-corrected chi connectivity index (χ2v) is 5.47. The fourth-order valence-corrected chi connectivity index (χ4v) is 2.45. The summed E-state index contributed by atoms with van der Waals surface area (Å²) in [7, 11) is 0. The van der Waals surface area contributed by atoms with E-state index >= 15 is 0 Å². The number of halogens is 1. The number of amides is 1. The van der Waals surface area contributed by atoms with Crippen LogP contribution in [0.2, 0.25) is 5.02 Å². The standard InChI is InChI=1S/C13H15ClN2O/c14-10-5-6-15-11(7-10)13(17)16-12(8-1-2-8)9-3-4-9/h5-9,12H,1-4H2,(H,16,17). The molecule has 0 unspecified atom stereocenters. The predicted molar refractivity (Wildman–Crippen MR) is 65.9 cm³/mol. The van der Waals surface area contributed by atoms with E-state index in [0.29, 0.717) is 28.6 Å². The van der Waals surface area contributed by atoms with Crippen molar-refractivity contribution >= 4 is 17.5 Å². The third-order valence-electron chi connectivity index (χ3n) is 3.51. The van der Waals surface area contributed by atoms with E-state index in [9.17, 15) is 4.79 Å². The maximum Gasteiger partial charge on any atom is 0.270 e. The molecule has 1 aromatic heterocycles. The highest BCUT2D eigenvalue weighted by Crippen LogP contribution is 2.44. The second kappa shape index (κ2) is 4.30. The first-order valence-electron chi connectivity index (χ1n) is 6.16. The molecule has 17 heavy (non-hydrogen) atoms. The average molecular weight is 251 g/mol. The van der Waals surface area contributed by atoms with E-state index in [1.807, 2.05) is 0 Å². The molecule has 2 fully saturated rings. The molecule has 3 rings (SSSR count). The number of aromatic nitrogens is 1. The molecule has 2 saturated carbocycles. The van der Waals surface area contributed by atoms with Crippen LogP contribution in [0.3, 0.4) is 0 Å². The van der Waals surface area contributed by atoms with Gasteiger partial charge < -0.3 is 5.32 Å². The number of nitrogens with zero attached hydrogens (tertiary/aromatic N) is 1. The molecule has 0 saturated heterocycles. The third kappa shape index (κ3) is 2.60. The van der Waals surface area contributed by atoms with Gasteiger partial charge in [0.1, 0.15) is 5.69 Å². The maximum atomic E-state index is 12.0. The molecule has 2 aliphatic carbocycles. The summed E-state index contributed by atoms with van der Waals surface area (Å²) in [6, 6.07) is 3.66. The first kappa shape index (κ1) is 11.0. The molecule has 3 nitrogen and oxygen atoms in total. The number of nitrogens with one attached hydrogen (secondary N) is 1. The third-order valence-corrected chi connectivity index (χ3v) is 3.75. The Morgan fingerprint density at radius 2 is 2.00 bits per heavy atom. The van der Waals surface area contributed by atoms with Gasteiger partial charge in [-0.2, -0.15) is 0 Å². The van der Waals surface area contributed by atoms with E-state index in [0.717, 1.165) is 0 Å². The van der Waals surface area contributed by atoms with Crippen LogP contribution in [0.1, 0.15) is 36.2 Å². The zero-order valence-corrected chi connectivity index (χ0v) is 10.3. The van der Waals surface area contributed by atoms with Crippen LogP contribution in [-0.2, 0) is 0 Å². The minimum atomic E-state index is -0.0868. The van der Waals surface area contributed by atoms with Gasteiger partial charge in [0.15, 0.2) is 0 Å². The van der Waals surface area contributed by atoms with Gasteiger partial charge in [-0.1, -0.05) is 11.6 Å². The van der Waals surface area contributed by atoms with E-state index in [2.05, 4.69) is 10.3 Å². The summed E-state index contributed by atoms with van der Waals surface area (Å²) in [5.41, 5.74) is 0.420. The van der Waals surface area contributed by atoms with Gasteiger partial charge in [0.25, 0.3) is 5.91 Å². The fourth-order valence-electron chi connectivity index (χ4n) is 2.29. The normalized spacial score (nSPS) is 19.4. The van der Waals surface area contributed by atoms with Crippen molar-refractivity contribution in [3.8, 4) is 0 Å². The summed E-state index contributed by atoms with van der Waals surface area (Å²) >= 11 is 5.86. The molecule has 1 aromatic rings. The van der Waals surface area contributed by atoms with Gasteiger partial charge in [-0.05, 0) is 49.7 Å². The van der Waals surface area contributed by atoms with Crippen LogP contribution in [0, 0.1) is 11.8 Å². The lowest BCUT2D eigenvalue weighted by molar-refractivity contribution is 0.0921. The molecular formula is C13H15ClN2O. The molecule has 0 spiro atoms. The Balaban J connectivity index is 1.69. The van der Waals surface area contributed by atoms with Gasteiger partial charge in [-0.3, -0.25) is 9.78 Å². The lowest BCUT2D eigenvalue weighted by atomic mass is 10.1. The van der Waals surface area contributed by atoms with Gasteiger partial charge in [0.05, 0.1) is 0 Å². The van der Waals surface area contributed by atoms with Crippen LogP contribution in [-0.4, -0.2) is 16.9 Å². The largest absolute Gasteiger partial charge is 0.347 e. The van der Waals surface area contributed by atoms with Crippen LogP contribution in [0.15, 0.2) is 18.3 Å². The van der Waals surface area contributed by atoms with E-state index in [-0.39, 0.29) is 5.91 Å². The van der Waals surface area contributed by atoms with Gasteiger partial charge >= 0.3 is 0 Å². The maximum absolute atomic E-state index is 12.0. The summed E-state index contributed by atoms with van der Waals surface area (Å²) in [6.45, 7) is 0. The quantitative estimate of drug-likeness (QED) is 0.893. The monoisotopic (exact) mass is 250 g/mol. The summed E-state index contributed by atoms with van der Waals surface area (Å²) in [5, 5.41) is 3.68. The number of hydrogen-bond acceptors (Lipinski definition) is 2. The highest BCUT2D eigenvalue weighted by atomic mass is 35.5. The van der Waals surface area contributed by atoms with Crippen molar-refractivity contribution < 1.29 is 4.79 Å². The molecule has 2 aliphatic rings. The highest BCUT2D eigenvalue weighted by molar-refractivity contribution is 6.30. The Morgan fingerprint density at radius 1 is 1.35 bits per heavy atom. The molecule has 0 aliphatic heterocycles. The molecule has 0 radical (unpaired) electrons. The van der Waals surface area contributed by atoms with Crippen molar-refractivity contribution in [2.75, 3.05) is 0 Å². The number of pyridine rings is 1. The van der Waals surface area contributed by atoms with Crippen LogP contribution in [0.5, 0.6) is 0 Å². The van der Waals surface area contributed by atoms with Crippen LogP contribution in [0.4, 0.5) is 0 Å². The van der Waals surface area contributed by atoms with E-state index in [4.69, 9.17) is 11.6 Å². The van der Waals surface area contributed by atoms with Crippen molar-refractivity contribution in [2.24, 2.45) is 11.8 Å². The van der Waals surface area contributed by atoms with Crippen LogP contribution in [0.25, 0.3) is 0 Å². The van der Waals surface area contributed by atoms with Crippen molar-refractivity contribution in [3.05, 3.63) is 29.0 Å². The Bertz CT molecular complexity index is 429. The molecule has 1 N–H and O–H groups in total. The fraction of sp³-hybridized carbons (Fsp3) is 0.538. The first-order chi connectivity index (χ1) is 8.24. The lowest BCUT2D eigenvalue weighted by Crippen LogP contribution is -2.38. The highest BCUT2D eigenvalue weighted by Gasteiger charge is 2.42. The van der Waals surface area contributed by atoms with Crippen LogP contribution >= 0.6 is 11.6 Å². The smallest absolute Gasteiger partial charge is 0.270 e. The molecule has 90 valence electrons. The van der Waals surface area contributed by atoms with Crippen LogP contribution < -0.4 is 5.32 Å². The summed E-state index contributed by atoms with van der Waals surface area (Å²) in [4.78, 5) is 16.1. The summed E-state index contributed by atoms with van der Waals surface area (Å²) in [5.74, 6) is 1.31. The molecule has 1 amide bonds. The van der Waals surface area contributed by atoms with Gasteiger partial charge in [0.2, 0.25) is 0 Å². The van der Waals surface area contributed by atoms with E-state index in [1.165, 1.54) is 25.7 Å². The van der Waals surface area contributed by atoms with Crippen molar-refractivity contribution in [2.45, 2.75) is 31.7 Å². The number of hydrogen-bond donors (Lipinski definition) is 1. The Labute approximate surface area is 106 Å². The average Bonchev–Trinajstić information content (AvgIpc) is 3.16. The topological polar surface area (TPSA) is 42.0 Å². The minimum Gasteiger partial charge on any atom is -0.347 e. The van der Waals surface area contributed by atoms with E-state index in [1.54, 1.807) is 18.3 Å². The first-order valence-corrected chi connectivity index (χ1v) is 6.54. The van der Waals surface area contributed by atoms with Gasteiger partial charge in [-0.25, -0.2) is 0 Å². The molecule has 4 heteroatoms. The summed E-state index contributed by atoms with van der Waals surface area (Å²) in [6.07, 6.45) is 6.59. The van der Waals surface area contributed by atoms with Crippen molar-refractivity contribution in [1.29, 1.82) is 0 Å². The number of carbonyl (C=O) groups excluding carboxylic acids is 1. The number of rotatable bonds is 4. The zero-order chi connectivity index (χ0) is 11.8. The molecule has 0 atom stereocenters. The van der Waals surface area contributed by atoms with Crippen molar-refractivity contribution in [1.82, 2.24) is 10.3 Å². The summed E-state index contributed by atoms with van der Waals surface area (Å²) < 4.78 is 0. The number of carbonyl (C=O) groups is 1. The van der Waals surface area contributed by atoms with Gasteiger partial charge in [0, 0.05) is 17.3 Å². The second-order valence-electron chi connectivity index (χ2n) is 5.03. The minimum absolute atomic E-state index is 0.0868. The predicted octanol–water partition coefficient (Wildman–Crippen LogP) is 2.65. The SMILES string of the molecule is O=C(NC(C1CC1)C1CC1)c1cc(Cl)ccn1. The molecule has 1 heterocycles. The molecule has 0 bridgehead atoms. The Hall–Kier alpha value is -1.09. The molecular weight excluding hydrogens is 236 g/mol. The van der Waals surface area contributed by atoms with Gasteiger partial charge in [-0.15, -0.1) is 0 Å². The molecule has 0 aromatic carbocycles. The zero-order valence-electron chi connectivity index (χ0n) is 9.53.